The zero-order chi connectivity index (χ0) is 23.8. The summed E-state index contributed by atoms with van der Waals surface area (Å²) in [6.07, 6.45) is 12.8. The van der Waals surface area contributed by atoms with Crippen molar-refractivity contribution in [3.05, 3.63) is 12.2 Å². The molecular formula is C24H44O8. The van der Waals surface area contributed by atoms with E-state index in [1.807, 2.05) is 0 Å². The number of carbonyl (C=O) groups is 1. The predicted molar refractivity (Wildman–Crippen MR) is 121 cm³/mol. The lowest BCUT2D eigenvalue weighted by atomic mass is 9.95. The van der Waals surface area contributed by atoms with Gasteiger partial charge in [-0.3, -0.25) is 4.79 Å². The van der Waals surface area contributed by atoms with Crippen molar-refractivity contribution in [2.75, 3.05) is 13.2 Å². The Morgan fingerprint density at radius 3 is 2.19 bits per heavy atom. The van der Waals surface area contributed by atoms with Gasteiger partial charge >= 0.3 is 5.97 Å². The maximum absolute atomic E-state index is 10.6. The first-order valence-corrected chi connectivity index (χ1v) is 12.2. The van der Waals surface area contributed by atoms with Crippen LogP contribution in [-0.4, -0.2) is 74.9 Å². The molecule has 0 aromatic heterocycles. The second-order valence-corrected chi connectivity index (χ2v) is 8.86. The Labute approximate surface area is 192 Å². The first-order valence-electron chi connectivity index (χ1n) is 12.2. The molecule has 0 aromatic rings. The molecule has 1 rings (SSSR count). The van der Waals surface area contributed by atoms with Gasteiger partial charge < -0.3 is 35.0 Å². The minimum absolute atomic E-state index is 0.203. The molecule has 0 spiro atoms. The molecule has 5 atom stereocenters. The van der Waals surface area contributed by atoms with Crippen LogP contribution in [0.5, 0.6) is 0 Å². The first kappa shape index (κ1) is 29.0. The number of ether oxygens (including phenoxy) is 2. The number of aliphatic hydroxyl groups excluding tert-OH is 3. The normalized spacial score (nSPS) is 27.1. The van der Waals surface area contributed by atoms with E-state index in [1.165, 1.54) is 0 Å². The minimum Gasteiger partial charge on any atom is -0.481 e. The predicted octanol–water partition coefficient (Wildman–Crippen LogP) is 2.91. The highest BCUT2D eigenvalue weighted by atomic mass is 16.7. The topological polar surface area (TPSA) is 137 Å². The van der Waals surface area contributed by atoms with E-state index in [4.69, 9.17) is 14.6 Å². The number of hydrogen-bond acceptors (Lipinski definition) is 7. The quantitative estimate of drug-likeness (QED) is 0.120. The van der Waals surface area contributed by atoms with E-state index in [2.05, 4.69) is 12.2 Å². The molecule has 0 bridgehead atoms. The lowest BCUT2D eigenvalue weighted by Gasteiger charge is -2.44. The highest BCUT2D eigenvalue weighted by Gasteiger charge is 2.52. The van der Waals surface area contributed by atoms with Crippen LogP contribution in [0.15, 0.2) is 12.2 Å². The fourth-order valence-corrected chi connectivity index (χ4v) is 3.92. The van der Waals surface area contributed by atoms with Gasteiger partial charge in [0, 0.05) is 6.42 Å². The molecular weight excluding hydrogens is 416 g/mol. The standard InChI is InChI=1S/C24H44O8/c1-19(32-24(30)21(26)18-31-20(17-25)23(24)29)15-13-11-9-7-5-3-2-4-6-8-10-12-14-16-22(27)28/h2-3,19-21,23,25-26,29-30H,4-18H2,1H3,(H,27,28)/b3-2-/t19?,20-,21+,23-,24-/m1/s1. The fraction of sp³-hybridized carbons (Fsp3) is 0.875. The van der Waals surface area contributed by atoms with Crippen molar-refractivity contribution in [1.82, 2.24) is 0 Å². The maximum Gasteiger partial charge on any atom is 0.303 e. The van der Waals surface area contributed by atoms with Crippen LogP contribution in [0.25, 0.3) is 0 Å². The zero-order valence-corrected chi connectivity index (χ0v) is 19.5. The number of aliphatic carboxylic acids is 1. The van der Waals surface area contributed by atoms with E-state index in [0.717, 1.165) is 70.6 Å². The number of carboxylic acids is 1. The fourth-order valence-electron chi connectivity index (χ4n) is 3.92. The summed E-state index contributed by atoms with van der Waals surface area (Å²) in [5, 5.41) is 48.6. The first-order chi connectivity index (χ1) is 15.3. The lowest BCUT2D eigenvalue weighted by Crippen LogP contribution is -2.65. The van der Waals surface area contributed by atoms with Crippen molar-refractivity contribution in [3.63, 3.8) is 0 Å². The van der Waals surface area contributed by atoms with Gasteiger partial charge in [0.05, 0.1) is 19.3 Å². The van der Waals surface area contributed by atoms with Gasteiger partial charge in [0.1, 0.15) is 18.3 Å². The van der Waals surface area contributed by atoms with Crippen molar-refractivity contribution >= 4 is 5.97 Å². The van der Waals surface area contributed by atoms with Gasteiger partial charge in [-0.05, 0) is 45.4 Å². The number of hydrogen-bond donors (Lipinski definition) is 5. The summed E-state index contributed by atoms with van der Waals surface area (Å²) in [6.45, 7) is 1.14. The molecule has 32 heavy (non-hydrogen) atoms. The molecule has 0 aromatic carbocycles. The van der Waals surface area contributed by atoms with Crippen LogP contribution in [0.3, 0.4) is 0 Å². The van der Waals surface area contributed by atoms with Gasteiger partial charge in [0.25, 0.3) is 0 Å². The average Bonchev–Trinajstić information content (AvgIpc) is 2.75. The number of rotatable bonds is 18. The SMILES string of the molecule is CC(CCCCCC/C=C\CCCCCCCC(=O)O)O[C@@]1(O)[C@H](O)[C@@H](CO)OC[C@@H]1O. The summed E-state index contributed by atoms with van der Waals surface area (Å²) in [6, 6.07) is 0. The number of unbranched alkanes of at least 4 members (excludes halogenated alkanes) is 9. The van der Waals surface area contributed by atoms with Crippen LogP contribution in [-0.2, 0) is 14.3 Å². The Balaban J connectivity index is 2.02. The highest BCUT2D eigenvalue weighted by Crippen LogP contribution is 2.29. The molecule has 0 aliphatic carbocycles. The third-order valence-electron chi connectivity index (χ3n) is 5.95. The van der Waals surface area contributed by atoms with Gasteiger partial charge in [0.15, 0.2) is 0 Å². The van der Waals surface area contributed by atoms with Gasteiger partial charge in [-0.1, -0.05) is 50.7 Å². The van der Waals surface area contributed by atoms with E-state index >= 15 is 0 Å². The lowest BCUT2D eigenvalue weighted by molar-refractivity contribution is -0.361. The second-order valence-electron chi connectivity index (χ2n) is 8.86. The van der Waals surface area contributed by atoms with Gasteiger partial charge in [-0.25, -0.2) is 0 Å². The molecule has 1 unspecified atom stereocenters. The summed E-state index contributed by atoms with van der Waals surface area (Å²) in [7, 11) is 0. The Bertz CT molecular complexity index is 526. The largest absolute Gasteiger partial charge is 0.481 e. The van der Waals surface area contributed by atoms with Crippen molar-refractivity contribution in [1.29, 1.82) is 0 Å². The molecule has 1 saturated heterocycles. The molecule has 1 aliphatic rings. The van der Waals surface area contributed by atoms with E-state index in [1.54, 1.807) is 6.92 Å². The molecule has 1 heterocycles. The molecule has 188 valence electrons. The van der Waals surface area contributed by atoms with Crippen LogP contribution >= 0.6 is 0 Å². The average molecular weight is 461 g/mol. The number of aliphatic hydroxyl groups is 4. The molecule has 8 nitrogen and oxygen atoms in total. The van der Waals surface area contributed by atoms with Crippen molar-refractivity contribution in [2.45, 2.75) is 121 Å². The van der Waals surface area contributed by atoms with E-state index in [9.17, 15) is 25.2 Å². The third kappa shape index (κ3) is 11.2. The summed E-state index contributed by atoms with van der Waals surface area (Å²) in [4.78, 5) is 10.4. The van der Waals surface area contributed by atoms with E-state index in [-0.39, 0.29) is 19.1 Å². The van der Waals surface area contributed by atoms with Crippen LogP contribution in [0.2, 0.25) is 0 Å². The summed E-state index contributed by atoms with van der Waals surface area (Å²) in [5.74, 6) is -2.84. The Kier molecular flexibility index (Phi) is 15.0. The second kappa shape index (κ2) is 16.6. The van der Waals surface area contributed by atoms with Crippen LogP contribution in [0.1, 0.15) is 90.4 Å². The maximum atomic E-state index is 10.6. The molecule has 1 fully saturated rings. The van der Waals surface area contributed by atoms with Gasteiger partial charge in [-0.2, -0.15) is 0 Å². The van der Waals surface area contributed by atoms with Crippen molar-refractivity contribution in [2.24, 2.45) is 0 Å². The molecule has 0 saturated carbocycles. The highest BCUT2D eigenvalue weighted by molar-refractivity contribution is 5.66. The molecule has 0 radical (unpaired) electrons. The van der Waals surface area contributed by atoms with Gasteiger partial charge in [-0.15, -0.1) is 0 Å². The van der Waals surface area contributed by atoms with Crippen LogP contribution < -0.4 is 0 Å². The minimum atomic E-state index is -2.13. The Hall–Kier alpha value is -1.03. The smallest absolute Gasteiger partial charge is 0.303 e. The van der Waals surface area contributed by atoms with Gasteiger partial charge in [0.2, 0.25) is 5.79 Å². The van der Waals surface area contributed by atoms with Crippen LogP contribution in [0.4, 0.5) is 0 Å². The van der Waals surface area contributed by atoms with Crippen molar-refractivity contribution in [3.8, 4) is 0 Å². The summed E-state index contributed by atoms with van der Waals surface area (Å²) >= 11 is 0. The monoisotopic (exact) mass is 460 g/mol. The van der Waals surface area contributed by atoms with Crippen LogP contribution in [0, 0.1) is 0 Å². The Morgan fingerprint density at radius 1 is 1.03 bits per heavy atom. The summed E-state index contributed by atoms with van der Waals surface area (Å²) < 4.78 is 10.7. The molecule has 0 amide bonds. The molecule has 8 heteroatoms. The molecule has 5 N–H and O–H groups in total. The summed E-state index contributed by atoms with van der Waals surface area (Å²) in [5.41, 5.74) is 0. The van der Waals surface area contributed by atoms with Crippen molar-refractivity contribution < 1.29 is 39.8 Å². The molecule has 1 aliphatic heterocycles. The Morgan fingerprint density at radius 2 is 1.59 bits per heavy atom. The number of allylic oxidation sites excluding steroid dienone is 2. The number of carboxylic acid groups (broad SMARTS) is 1. The third-order valence-corrected chi connectivity index (χ3v) is 5.95. The van der Waals surface area contributed by atoms with E-state index in [0.29, 0.717) is 6.42 Å². The zero-order valence-electron chi connectivity index (χ0n) is 19.5. The van der Waals surface area contributed by atoms with E-state index < -0.39 is 36.7 Å².